The molecule has 1 atom stereocenters. The van der Waals surface area contributed by atoms with E-state index in [-0.39, 0.29) is 0 Å². The van der Waals surface area contributed by atoms with Crippen LogP contribution in [0.25, 0.3) is 0 Å². The molecule has 0 spiro atoms. The van der Waals surface area contributed by atoms with E-state index in [1.165, 1.54) is 69.8 Å². The summed E-state index contributed by atoms with van der Waals surface area (Å²) in [7, 11) is -2.80. The molecule has 24 heavy (non-hydrogen) atoms. The first kappa shape index (κ1) is 21.2. The predicted molar refractivity (Wildman–Crippen MR) is 99.5 cm³/mol. The molecule has 0 aliphatic heterocycles. The second kappa shape index (κ2) is 12.5. The van der Waals surface area contributed by atoms with Crippen LogP contribution in [0.5, 0.6) is 5.75 Å². The van der Waals surface area contributed by atoms with Crippen molar-refractivity contribution in [3.05, 3.63) is 29.8 Å². The van der Waals surface area contributed by atoms with Crippen LogP contribution in [-0.4, -0.2) is 12.0 Å². The molecule has 0 radical (unpaired) electrons. The largest absolute Gasteiger partial charge is 0.527 e. The number of hydrogen-bond donors (Lipinski definition) is 1. The van der Waals surface area contributed by atoms with Gasteiger partial charge in [0.25, 0.3) is 0 Å². The van der Waals surface area contributed by atoms with E-state index in [9.17, 15) is 9.46 Å². The van der Waals surface area contributed by atoms with Crippen LogP contribution in [-0.2, 0) is 15.5 Å². The van der Waals surface area contributed by atoms with Crippen molar-refractivity contribution in [2.75, 3.05) is 7.11 Å². The lowest BCUT2D eigenvalue weighted by molar-refractivity contribution is 0.242. The number of rotatable bonds is 14. The van der Waals surface area contributed by atoms with Crippen LogP contribution in [0.4, 0.5) is 0 Å². The number of unbranched alkanes of at least 4 members (excludes halogenated alkanes) is 9. The summed E-state index contributed by atoms with van der Waals surface area (Å²) in [6, 6.07) is 7.32. The number of phosphoric acid groups is 1. The topological polar surface area (TPSA) is 55.8 Å². The van der Waals surface area contributed by atoms with Crippen molar-refractivity contribution in [3.63, 3.8) is 0 Å². The Morgan fingerprint density at radius 1 is 0.875 bits per heavy atom. The highest BCUT2D eigenvalue weighted by Gasteiger charge is 2.19. The summed E-state index contributed by atoms with van der Waals surface area (Å²) in [5.74, 6) is 0.356. The molecule has 0 fully saturated rings. The average Bonchev–Trinajstić information content (AvgIpc) is 2.58. The standard InChI is InChI=1S/C19H33O4P/c1-3-4-5-6-7-8-9-10-11-12-13-18-14-16-19(17-15-18)23-24(20,21)22-2/h14-17H,3-13H2,1-2H3,(H,20,21). The van der Waals surface area contributed by atoms with Gasteiger partial charge in [0.05, 0.1) is 0 Å². The Morgan fingerprint density at radius 3 is 1.88 bits per heavy atom. The minimum Gasteiger partial charge on any atom is -0.404 e. The summed E-state index contributed by atoms with van der Waals surface area (Å²) >= 11 is 0. The molecule has 1 aromatic rings. The molecular weight excluding hydrogens is 323 g/mol. The van der Waals surface area contributed by atoms with E-state index in [4.69, 9.17) is 4.52 Å². The molecule has 0 saturated carbocycles. The minimum atomic E-state index is -3.96. The van der Waals surface area contributed by atoms with Gasteiger partial charge in [0.2, 0.25) is 0 Å². The van der Waals surface area contributed by atoms with Gasteiger partial charge in [-0.1, -0.05) is 76.8 Å². The van der Waals surface area contributed by atoms with Gasteiger partial charge in [0.15, 0.2) is 0 Å². The van der Waals surface area contributed by atoms with Gasteiger partial charge in [-0.15, -0.1) is 0 Å². The van der Waals surface area contributed by atoms with Crippen LogP contribution in [0.15, 0.2) is 24.3 Å². The Hall–Kier alpha value is -0.830. The molecule has 1 aromatic carbocycles. The summed E-state index contributed by atoms with van der Waals surface area (Å²) < 4.78 is 20.6. The number of phosphoric ester groups is 1. The molecule has 1 unspecified atom stereocenters. The molecule has 1 N–H and O–H groups in total. The van der Waals surface area contributed by atoms with Gasteiger partial charge in [0, 0.05) is 7.11 Å². The number of aryl methyl sites for hydroxylation is 1. The molecule has 0 amide bonds. The van der Waals surface area contributed by atoms with Gasteiger partial charge < -0.3 is 4.52 Å². The lowest BCUT2D eigenvalue weighted by Gasteiger charge is -2.10. The highest BCUT2D eigenvalue weighted by atomic mass is 31.2. The molecule has 0 saturated heterocycles. The Labute approximate surface area is 147 Å². The van der Waals surface area contributed by atoms with Gasteiger partial charge in [-0.2, -0.15) is 0 Å². The third-order valence-electron chi connectivity index (χ3n) is 4.19. The summed E-state index contributed by atoms with van der Waals surface area (Å²) in [6.45, 7) is 2.26. The molecule has 0 aromatic heterocycles. The molecule has 0 aliphatic carbocycles. The molecule has 5 heteroatoms. The van der Waals surface area contributed by atoms with Gasteiger partial charge in [-0.05, 0) is 30.5 Å². The Morgan fingerprint density at radius 2 is 1.38 bits per heavy atom. The lowest BCUT2D eigenvalue weighted by atomic mass is 10.0. The quantitative estimate of drug-likeness (QED) is 0.315. The van der Waals surface area contributed by atoms with Crippen molar-refractivity contribution < 1.29 is 18.5 Å². The molecule has 0 heterocycles. The first-order chi connectivity index (χ1) is 11.6. The summed E-state index contributed by atoms with van der Waals surface area (Å²) in [6.07, 6.45) is 14.4. The zero-order chi connectivity index (χ0) is 17.7. The smallest absolute Gasteiger partial charge is 0.404 e. The summed E-state index contributed by atoms with van der Waals surface area (Å²) in [4.78, 5) is 9.26. The van der Waals surface area contributed by atoms with E-state index in [1.54, 1.807) is 12.1 Å². The Kier molecular flexibility index (Phi) is 11.1. The van der Waals surface area contributed by atoms with Crippen LogP contribution < -0.4 is 4.52 Å². The van der Waals surface area contributed by atoms with E-state index in [1.807, 2.05) is 12.1 Å². The number of benzene rings is 1. The summed E-state index contributed by atoms with van der Waals surface area (Å²) in [5.41, 5.74) is 1.23. The minimum absolute atomic E-state index is 0.356. The van der Waals surface area contributed by atoms with Crippen molar-refractivity contribution >= 4 is 7.82 Å². The third-order valence-corrected chi connectivity index (χ3v) is 5.10. The van der Waals surface area contributed by atoms with E-state index in [2.05, 4.69) is 11.4 Å². The van der Waals surface area contributed by atoms with E-state index in [0.29, 0.717) is 5.75 Å². The monoisotopic (exact) mass is 356 g/mol. The van der Waals surface area contributed by atoms with Gasteiger partial charge in [-0.25, -0.2) is 4.57 Å². The van der Waals surface area contributed by atoms with Crippen molar-refractivity contribution in [2.24, 2.45) is 0 Å². The Balaban J connectivity index is 2.08. The second-order valence-corrected chi connectivity index (χ2v) is 7.80. The normalized spacial score (nSPS) is 13.6. The molecular formula is C19H33O4P. The van der Waals surface area contributed by atoms with Gasteiger partial charge in [0.1, 0.15) is 5.75 Å². The van der Waals surface area contributed by atoms with Crippen molar-refractivity contribution in [1.29, 1.82) is 0 Å². The SMILES string of the molecule is CCCCCCCCCCCCc1ccc(OP(=O)(O)OC)cc1. The lowest BCUT2D eigenvalue weighted by Crippen LogP contribution is -1.94. The first-order valence-electron chi connectivity index (χ1n) is 9.24. The highest BCUT2D eigenvalue weighted by Crippen LogP contribution is 2.42. The molecule has 0 aliphatic rings. The van der Waals surface area contributed by atoms with Crippen molar-refractivity contribution in [2.45, 2.75) is 77.6 Å². The molecule has 4 nitrogen and oxygen atoms in total. The average molecular weight is 356 g/mol. The highest BCUT2D eigenvalue weighted by molar-refractivity contribution is 7.47. The van der Waals surface area contributed by atoms with E-state index < -0.39 is 7.82 Å². The zero-order valence-corrected chi connectivity index (χ0v) is 16.1. The van der Waals surface area contributed by atoms with Crippen molar-refractivity contribution in [3.8, 4) is 5.75 Å². The number of hydrogen-bond acceptors (Lipinski definition) is 3. The van der Waals surface area contributed by atoms with Crippen LogP contribution in [0, 0.1) is 0 Å². The van der Waals surface area contributed by atoms with E-state index in [0.717, 1.165) is 13.5 Å². The molecule has 138 valence electrons. The van der Waals surface area contributed by atoms with Crippen LogP contribution in [0.1, 0.15) is 76.7 Å². The fourth-order valence-corrected chi connectivity index (χ4v) is 3.17. The van der Waals surface area contributed by atoms with Crippen molar-refractivity contribution in [1.82, 2.24) is 0 Å². The van der Waals surface area contributed by atoms with Crippen LogP contribution in [0.2, 0.25) is 0 Å². The third kappa shape index (κ3) is 10.1. The maximum Gasteiger partial charge on any atom is 0.527 e. The van der Waals surface area contributed by atoms with Crippen LogP contribution in [0.3, 0.4) is 0 Å². The first-order valence-corrected chi connectivity index (χ1v) is 10.7. The fourth-order valence-electron chi connectivity index (χ4n) is 2.70. The fraction of sp³-hybridized carbons (Fsp3) is 0.684. The maximum absolute atomic E-state index is 11.3. The van der Waals surface area contributed by atoms with E-state index >= 15 is 0 Å². The van der Waals surface area contributed by atoms with Gasteiger partial charge >= 0.3 is 7.82 Å². The summed E-state index contributed by atoms with van der Waals surface area (Å²) in [5, 5.41) is 0. The van der Waals surface area contributed by atoms with Crippen LogP contribution >= 0.6 is 7.82 Å². The van der Waals surface area contributed by atoms with Gasteiger partial charge in [-0.3, -0.25) is 9.42 Å². The maximum atomic E-state index is 11.3. The Bertz CT molecular complexity index is 473. The predicted octanol–water partition coefficient (Wildman–Crippen LogP) is 6.28. The second-order valence-electron chi connectivity index (χ2n) is 6.32. The molecule has 0 bridgehead atoms. The molecule has 1 rings (SSSR count). The zero-order valence-electron chi connectivity index (χ0n) is 15.2.